The van der Waals surface area contributed by atoms with Gasteiger partial charge in [0.05, 0.1) is 0 Å². The fraction of sp³-hybridized carbons (Fsp3) is 0.0882. The van der Waals surface area contributed by atoms with E-state index in [1.54, 1.807) is 0 Å². The fourth-order valence-corrected chi connectivity index (χ4v) is 4.44. The van der Waals surface area contributed by atoms with E-state index < -0.39 is 0 Å². The summed E-state index contributed by atoms with van der Waals surface area (Å²) in [4.78, 5) is 4.98. The average Bonchev–Trinajstić information content (AvgIpc) is 3.38. The lowest BCUT2D eigenvalue weighted by molar-refractivity contribution is 0.306. The maximum Gasteiger partial charge on any atom is 0.227 e. The Labute approximate surface area is 217 Å². The van der Waals surface area contributed by atoms with Crippen LogP contribution >= 0.6 is 0 Å². The highest BCUT2D eigenvalue weighted by molar-refractivity contribution is 5.88. The number of hydrogen-bond acceptors (Lipinski definition) is 3. The molecule has 0 N–H and O–H groups in total. The van der Waals surface area contributed by atoms with Crippen molar-refractivity contribution in [2.75, 3.05) is 0 Å². The highest BCUT2D eigenvalue weighted by Crippen LogP contribution is 2.37. The Bertz CT molecular complexity index is 1600. The highest BCUT2D eigenvalue weighted by Gasteiger charge is 2.18. The van der Waals surface area contributed by atoms with Crippen molar-refractivity contribution in [3.05, 3.63) is 132 Å². The third-order valence-corrected chi connectivity index (χ3v) is 6.57. The van der Waals surface area contributed by atoms with Crippen LogP contribution in [0, 0.1) is 13.8 Å². The van der Waals surface area contributed by atoms with Crippen LogP contribution in [0.5, 0.6) is 5.75 Å². The molecule has 0 radical (unpaired) electrons. The Morgan fingerprint density at radius 3 is 1.97 bits per heavy atom. The van der Waals surface area contributed by atoms with Crippen LogP contribution in [0.4, 0.5) is 0 Å². The maximum absolute atomic E-state index is 6.44. The molecule has 5 aromatic carbocycles. The average molecular weight is 482 g/mol. The van der Waals surface area contributed by atoms with Crippen molar-refractivity contribution in [2.45, 2.75) is 20.5 Å². The summed E-state index contributed by atoms with van der Waals surface area (Å²) < 4.78 is 12.5. The second-order valence-corrected chi connectivity index (χ2v) is 9.43. The minimum Gasteiger partial charge on any atom is -0.489 e. The molecule has 0 fully saturated rings. The van der Waals surface area contributed by atoms with Gasteiger partial charge in [-0.2, -0.15) is 0 Å². The summed E-state index contributed by atoms with van der Waals surface area (Å²) in [5.41, 5.74) is 7.42. The van der Waals surface area contributed by atoms with E-state index in [1.807, 2.05) is 24.3 Å². The van der Waals surface area contributed by atoms with Crippen molar-refractivity contribution in [1.82, 2.24) is 4.98 Å². The molecule has 0 saturated carbocycles. The largest absolute Gasteiger partial charge is 0.489 e. The van der Waals surface area contributed by atoms with Crippen LogP contribution in [0.2, 0.25) is 0 Å². The van der Waals surface area contributed by atoms with Crippen LogP contribution in [-0.2, 0) is 6.61 Å². The number of aromatic nitrogens is 1. The first-order valence-corrected chi connectivity index (χ1v) is 12.5. The molecule has 37 heavy (non-hydrogen) atoms. The van der Waals surface area contributed by atoms with Crippen molar-refractivity contribution in [3.63, 3.8) is 0 Å². The third kappa shape index (κ3) is 4.89. The maximum atomic E-state index is 6.44. The zero-order chi connectivity index (χ0) is 25.2. The smallest absolute Gasteiger partial charge is 0.227 e. The number of rotatable bonds is 6. The number of fused-ring (bicyclic) bond motifs is 1. The second-order valence-electron chi connectivity index (χ2n) is 9.43. The molecule has 1 aromatic heterocycles. The first-order valence-electron chi connectivity index (χ1n) is 12.5. The molecule has 3 heteroatoms. The van der Waals surface area contributed by atoms with Crippen molar-refractivity contribution in [3.8, 4) is 39.8 Å². The zero-order valence-corrected chi connectivity index (χ0v) is 20.9. The molecule has 3 nitrogen and oxygen atoms in total. The van der Waals surface area contributed by atoms with Gasteiger partial charge >= 0.3 is 0 Å². The molecular weight excluding hydrogens is 454 g/mol. The molecule has 0 aliphatic heterocycles. The summed E-state index contributed by atoms with van der Waals surface area (Å²) in [5, 5.41) is 2.22. The lowest BCUT2D eigenvalue weighted by Crippen LogP contribution is -1.94. The Hall–Kier alpha value is -4.63. The Morgan fingerprint density at radius 2 is 1.24 bits per heavy atom. The number of benzene rings is 5. The van der Waals surface area contributed by atoms with Crippen LogP contribution in [-0.4, -0.2) is 4.98 Å². The van der Waals surface area contributed by atoms with Gasteiger partial charge in [-0.25, -0.2) is 4.98 Å². The van der Waals surface area contributed by atoms with Gasteiger partial charge in [0, 0.05) is 16.7 Å². The predicted molar refractivity (Wildman–Crippen MR) is 151 cm³/mol. The molecule has 0 atom stereocenters. The van der Waals surface area contributed by atoms with Crippen molar-refractivity contribution < 1.29 is 9.15 Å². The van der Waals surface area contributed by atoms with Crippen molar-refractivity contribution >= 4 is 10.8 Å². The quantitative estimate of drug-likeness (QED) is 0.238. The Morgan fingerprint density at radius 1 is 0.622 bits per heavy atom. The van der Waals surface area contributed by atoms with Crippen LogP contribution in [0.3, 0.4) is 0 Å². The van der Waals surface area contributed by atoms with Crippen molar-refractivity contribution in [1.29, 1.82) is 0 Å². The van der Waals surface area contributed by atoms with Crippen molar-refractivity contribution in [2.24, 2.45) is 0 Å². The van der Waals surface area contributed by atoms with Gasteiger partial charge in [0.1, 0.15) is 18.1 Å². The van der Waals surface area contributed by atoms with E-state index in [0.29, 0.717) is 12.5 Å². The van der Waals surface area contributed by atoms with E-state index in [2.05, 4.69) is 105 Å². The number of ether oxygens (including phenoxy) is 1. The first-order chi connectivity index (χ1) is 18.1. The van der Waals surface area contributed by atoms with Gasteiger partial charge in [-0.3, -0.25) is 0 Å². The molecule has 180 valence electrons. The molecule has 6 rings (SSSR count). The molecule has 6 aromatic rings. The molecule has 1 heterocycles. The summed E-state index contributed by atoms with van der Waals surface area (Å²) >= 11 is 0. The van der Waals surface area contributed by atoms with Crippen LogP contribution in [0.15, 0.2) is 120 Å². The Balaban J connectivity index is 1.34. The van der Waals surface area contributed by atoms with E-state index >= 15 is 0 Å². The summed E-state index contributed by atoms with van der Waals surface area (Å²) in [5.74, 6) is 2.24. The third-order valence-electron chi connectivity index (χ3n) is 6.57. The van der Waals surface area contributed by atoms with E-state index in [4.69, 9.17) is 14.1 Å². The normalized spacial score (nSPS) is 11.1. The minimum absolute atomic E-state index is 0.546. The van der Waals surface area contributed by atoms with Gasteiger partial charge in [-0.05, 0) is 54.4 Å². The summed E-state index contributed by atoms with van der Waals surface area (Å²) in [6, 6.07) is 39.5. The van der Waals surface area contributed by atoms with Gasteiger partial charge in [0.2, 0.25) is 5.89 Å². The second kappa shape index (κ2) is 9.79. The van der Waals surface area contributed by atoms with Gasteiger partial charge in [-0.1, -0.05) is 102 Å². The molecule has 0 spiro atoms. The highest BCUT2D eigenvalue weighted by atomic mass is 16.5. The Kier molecular flexibility index (Phi) is 6.03. The van der Waals surface area contributed by atoms with Crippen LogP contribution < -0.4 is 4.74 Å². The first kappa shape index (κ1) is 22.8. The summed E-state index contributed by atoms with van der Waals surface area (Å²) in [6.45, 7) is 4.72. The van der Waals surface area contributed by atoms with E-state index in [1.165, 1.54) is 11.1 Å². The van der Waals surface area contributed by atoms with E-state index in [-0.39, 0.29) is 0 Å². The van der Waals surface area contributed by atoms with Gasteiger partial charge in [0.25, 0.3) is 0 Å². The minimum atomic E-state index is 0.546. The molecule has 0 bridgehead atoms. The molecule has 0 unspecified atom stereocenters. The fourth-order valence-electron chi connectivity index (χ4n) is 4.44. The summed E-state index contributed by atoms with van der Waals surface area (Å²) in [7, 11) is 0. The number of nitrogens with zero attached hydrogens (tertiary/aromatic N) is 1. The molecule has 0 aliphatic carbocycles. The number of aryl methyl sites for hydroxylation is 2. The monoisotopic (exact) mass is 481 g/mol. The molecule has 0 aliphatic rings. The van der Waals surface area contributed by atoms with Crippen LogP contribution in [0.25, 0.3) is 44.8 Å². The molecular formula is C34H27NO2. The zero-order valence-electron chi connectivity index (χ0n) is 20.9. The van der Waals surface area contributed by atoms with Gasteiger partial charge in [-0.15, -0.1) is 0 Å². The van der Waals surface area contributed by atoms with Gasteiger partial charge < -0.3 is 9.15 Å². The number of oxazole rings is 1. The lowest BCUT2D eigenvalue weighted by Gasteiger charge is -2.08. The van der Waals surface area contributed by atoms with E-state index in [9.17, 15) is 0 Å². The number of hydrogen-bond donors (Lipinski definition) is 0. The van der Waals surface area contributed by atoms with Gasteiger partial charge in [0.15, 0.2) is 5.76 Å². The van der Waals surface area contributed by atoms with E-state index in [0.717, 1.165) is 50.2 Å². The molecule has 0 saturated heterocycles. The lowest BCUT2D eigenvalue weighted by atomic mass is 10.0. The predicted octanol–water partition coefficient (Wildman–Crippen LogP) is 9.02. The van der Waals surface area contributed by atoms with Crippen LogP contribution in [0.1, 0.15) is 16.7 Å². The summed E-state index contributed by atoms with van der Waals surface area (Å²) in [6.07, 6.45) is 0. The topological polar surface area (TPSA) is 35.3 Å². The SMILES string of the molecule is Cc1ccc(-c2nc(-c3ccc4cc(OCc5ccccc5)ccc4c3)oc2-c2ccc(C)cc2)cc1. The standard InChI is InChI=1S/C34H27NO2/c1-23-8-12-26(13-9-23)32-33(27-14-10-24(2)11-15-27)37-34(35-32)30-17-16-29-21-31(19-18-28(29)20-30)36-22-25-6-4-3-5-7-25/h3-21H,22H2,1-2H3. The molecule has 0 amide bonds.